The maximum atomic E-state index is 15.6. The molecule has 0 amide bonds. The van der Waals surface area contributed by atoms with Crippen molar-refractivity contribution in [2.45, 2.75) is 64.9 Å². The number of halogens is 3. The quantitative estimate of drug-likeness (QED) is 0.183. The van der Waals surface area contributed by atoms with E-state index in [0.717, 1.165) is 30.5 Å². The normalized spacial score (nSPS) is 15.9. The Hall–Kier alpha value is -4.70. The molecule has 3 aromatic carbocycles. The molecule has 1 unspecified atom stereocenters. The third-order valence-corrected chi connectivity index (χ3v) is 8.08. The van der Waals surface area contributed by atoms with Gasteiger partial charge in [0.05, 0.1) is 40.5 Å². The van der Waals surface area contributed by atoms with Crippen LogP contribution in [-0.2, 0) is 24.3 Å². The van der Waals surface area contributed by atoms with Gasteiger partial charge < -0.3 is 19.1 Å². The van der Waals surface area contributed by atoms with Gasteiger partial charge in [-0.05, 0) is 87.2 Å². The lowest BCUT2D eigenvalue weighted by Crippen LogP contribution is -2.23. The van der Waals surface area contributed by atoms with E-state index < -0.39 is 23.4 Å². The Balaban J connectivity index is 1.28. The van der Waals surface area contributed by atoms with Crippen LogP contribution in [0.1, 0.15) is 59.6 Å². The molecular formula is C35H32F3N3O4. The number of carbonyl (C=O) groups is 1. The highest BCUT2D eigenvalue weighted by Crippen LogP contribution is 2.33. The van der Waals surface area contributed by atoms with Crippen LogP contribution >= 0.6 is 0 Å². The summed E-state index contributed by atoms with van der Waals surface area (Å²) in [6, 6.07) is 16.4. The van der Waals surface area contributed by atoms with E-state index in [1.807, 2.05) is 18.4 Å². The van der Waals surface area contributed by atoms with Crippen LogP contribution in [0.3, 0.4) is 0 Å². The van der Waals surface area contributed by atoms with Crippen LogP contribution in [0.5, 0.6) is 5.88 Å². The summed E-state index contributed by atoms with van der Waals surface area (Å²) < 4.78 is 59.1. The molecule has 1 N–H and O–H groups in total. The highest BCUT2D eigenvalue weighted by atomic mass is 19.1. The molecule has 0 spiro atoms. The Kier molecular flexibility index (Phi) is 8.09. The van der Waals surface area contributed by atoms with Gasteiger partial charge >= 0.3 is 5.97 Å². The van der Waals surface area contributed by atoms with Crippen LogP contribution in [0.15, 0.2) is 66.7 Å². The van der Waals surface area contributed by atoms with Gasteiger partial charge in [0, 0.05) is 23.6 Å². The molecule has 1 saturated heterocycles. The average molecular weight is 616 g/mol. The lowest BCUT2D eigenvalue weighted by Gasteiger charge is -2.20. The number of carboxylic acids is 1. The number of carboxylic acid groups (broad SMARTS) is 1. The molecule has 6 rings (SSSR count). The highest BCUT2D eigenvalue weighted by molar-refractivity contribution is 5.92. The van der Waals surface area contributed by atoms with Crippen LogP contribution in [0.2, 0.25) is 0 Å². The molecule has 0 radical (unpaired) electrons. The lowest BCUT2D eigenvalue weighted by molar-refractivity contribution is -0.0215. The molecule has 232 valence electrons. The Morgan fingerprint density at radius 1 is 1.00 bits per heavy atom. The van der Waals surface area contributed by atoms with Gasteiger partial charge in [-0.1, -0.05) is 18.2 Å². The standard InChI is InChI=1S/C35H32F3N3O4/c1-20-7-8-22(26(36)13-20)19-44-33-6-4-5-29(40-33)25-17-27(37)23(14-28(25)38)16-32-39-30-10-9-21(34(42)43)15-31(30)41(32)18-24-11-12-35(2,3)45-24/h4-10,13-15,17,24H,11-12,16,18-19H2,1-3H3,(H,42,43). The number of ether oxygens (including phenoxy) is 2. The smallest absolute Gasteiger partial charge is 0.335 e. The number of nitrogens with zero attached hydrogens (tertiary/aromatic N) is 3. The minimum absolute atomic E-state index is 0.0328. The van der Waals surface area contributed by atoms with E-state index in [1.54, 1.807) is 49.4 Å². The van der Waals surface area contributed by atoms with Gasteiger partial charge in [-0.25, -0.2) is 27.9 Å². The van der Waals surface area contributed by atoms with Crippen molar-refractivity contribution in [1.82, 2.24) is 14.5 Å². The maximum absolute atomic E-state index is 15.6. The Bertz CT molecular complexity index is 1920. The fourth-order valence-corrected chi connectivity index (χ4v) is 5.71. The highest BCUT2D eigenvalue weighted by Gasteiger charge is 2.32. The molecular weight excluding hydrogens is 583 g/mol. The monoisotopic (exact) mass is 615 g/mol. The number of aromatic carboxylic acids is 1. The first-order valence-electron chi connectivity index (χ1n) is 14.7. The van der Waals surface area contributed by atoms with E-state index in [2.05, 4.69) is 9.97 Å². The van der Waals surface area contributed by atoms with Crippen molar-refractivity contribution >= 4 is 17.0 Å². The van der Waals surface area contributed by atoms with E-state index in [1.165, 1.54) is 12.1 Å². The fraction of sp³-hybridized carbons (Fsp3) is 0.286. The number of imidazole rings is 1. The van der Waals surface area contributed by atoms with Crippen LogP contribution in [0, 0.1) is 24.4 Å². The summed E-state index contributed by atoms with van der Waals surface area (Å²) in [5.74, 6) is -2.20. The first kappa shape index (κ1) is 30.3. The molecule has 2 aromatic heterocycles. The van der Waals surface area contributed by atoms with E-state index >= 15 is 8.78 Å². The number of hydrogen-bond donors (Lipinski definition) is 1. The Morgan fingerprint density at radius 3 is 2.53 bits per heavy atom. The van der Waals surface area contributed by atoms with Crippen molar-refractivity contribution in [3.05, 3.63) is 112 Å². The number of hydrogen-bond acceptors (Lipinski definition) is 5. The summed E-state index contributed by atoms with van der Waals surface area (Å²) in [4.78, 5) is 20.7. The molecule has 45 heavy (non-hydrogen) atoms. The van der Waals surface area contributed by atoms with Gasteiger partial charge in [-0.15, -0.1) is 0 Å². The molecule has 7 nitrogen and oxygen atoms in total. The van der Waals surface area contributed by atoms with Gasteiger partial charge in [-0.3, -0.25) is 0 Å². The number of fused-ring (bicyclic) bond motifs is 1. The van der Waals surface area contributed by atoms with Gasteiger partial charge in [0.1, 0.15) is 29.9 Å². The van der Waals surface area contributed by atoms with E-state index in [9.17, 15) is 14.3 Å². The third-order valence-electron chi connectivity index (χ3n) is 8.08. The van der Waals surface area contributed by atoms with Gasteiger partial charge in [-0.2, -0.15) is 0 Å². The predicted molar refractivity (Wildman–Crippen MR) is 163 cm³/mol. The molecule has 5 aromatic rings. The first-order chi connectivity index (χ1) is 21.5. The maximum Gasteiger partial charge on any atom is 0.335 e. The number of pyridine rings is 1. The number of benzene rings is 3. The topological polar surface area (TPSA) is 86.5 Å². The molecule has 10 heteroatoms. The van der Waals surface area contributed by atoms with Crippen molar-refractivity contribution in [1.29, 1.82) is 0 Å². The largest absolute Gasteiger partial charge is 0.478 e. The summed E-state index contributed by atoms with van der Waals surface area (Å²) in [5, 5.41) is 9.56. The molecule has 0 saturated carbocycles. The molecule has 0 aliphatic carbocycles. The van der Waals surface area contributed by atoms with Crippen molar-refractivity contribution in [3.63, 3.8) is 0 Å². The zero-order valence-electron chi connectivity index (χ0n) is 25.1. The molecule has 1 atom stereocenters. The molecule has 1 aliphatic rings. The average Bonchev–Trinajstić information content (AvgIpc) is 3.52. The van der Waals surface area contributed by atoms with Crippen LogP contribution in [0.4, 0.5) is 13.2 Å². The number of aromatic nitrogens is 3. The van der Waals surface area contributed by atoms with Gasteiger partial charge in [0.15, 0.2) is 0 Å². The number of rotatable bonds is 9. The number of aryl methyl sites for hydroxylation is 1. The summed E-state index contributed by atoms with van der Waals surface area (Å²) in [5.41, 5.74) is 2.29. The zero-order valence-corrected chi connectivity index (χ0v) is 25.1. The van der Waals surface area contributed by atoms with E-state index in [4.69, 9.17) is 9.47 Å². The second-order valence-corrected chi connectivity index (χ2v) is 12.0. The second kappa shape index (κ2) is 12.0. The molecule has 0 bridgehead atoms. The fourth-order valence-electron chi connectivity index (χ4n) is 5.71. The Labute approximate surface area is 258 Å². The van der Waals surface area contributed by atoms with Crippen molar-refractivity contribution < 1.29 is 32.5 Å². The summed E-state index contributed by atoms with van der Waals surface area (Å²) >= 11 is 0. The summed E-state index contributed by atoms with van der Waals surface area (Å²) in [6.07, 6.45) is 1.49. The minimum Gasteiger partial charge on any atom is -0.478 e. The SMILES string of the molecule is Cc1ccc(COc2cccc(-c3cc(F)c(Cc4nc5ccc(C(=O)O)cc5n4CC4CCC(C)(C)O4)cc3F)n2)c(F)c1. The van der Waals surface area contributed by atoms with Gasteiger partial charge in [0.2, 0.25) is 5.88 Å². The van der Waals surface area contributed by atoms with Crippen molar-refractivity contribution in [2.24, 2.45) is 0 Å². The van der Waals surface area contributed by atoms with Crippen LogP contribution in [-0.4, -0.2) is 37.3 Å². The Morgan fingerprint density at radius 2 is 1.80 bits per heavy atom. The van der Waals surface area contributed by atoms with E-state index in [0.29, 0.717) is 29.0 Å². The second-order valence-electron chi connectivity index (χ2n) is 12.0. The third kappa shape index (κ3) is 6.56. The van der Waals surface area contributed by atoms with E-state index in [-0.39, 0.29) is 53.0 Å². The molecule has 1 fully saturated rings. The zero-order chi connectivity index (χ0) is 31.9. The van der Waals surface area contributed by atoms with Crippen LogP contribution < -0.4 is 4.74 Å². The van der Waals surface area contributed by atoms with Crippen molar-refractivity contribution in [2.75, 3.05) is 0 Å². The summed E-state index contributed by atoms with van der Waals surface area (Å²) in [7, 11) is 0. The summed E-state index contributed by atoms with van der Waals surface area (Å²) in [6.45, 7) is 6.14. The first-order valence-corrected chi connectivity index (χ1v) is 14.7. The van der Waals surface area contributed by atoms with Crippen molar-refractivity contribution in [3.8, 4) is 17.1 Å². The molecule has 3 heterocycles. The predicted octanol–water partition coefficient (Wildman–Crippen LogP) is 7.65. The van der Waals surface area contributed by atoms with Gasteiger partial charge in [0.25, 0.3) is 0 Å². The van der Waals surface area contributed by atoms with Crippen LogP contribution in [0.25, 0.3) is 22.3 Å². The minimum atomic E-state index is -1.07. The molecule has 1 aliphatic heterocycles. The lowest BCUT2D eigenvalue weighted by atomic mass is 10.0.